The summed E-state index contributed by atoms with van der Waals surface area (Å²) in [6, 6.07) is 23.8. The molecule has 0 aliphatic rings. The number of aromatic nitrogens is 2. The number of aromatic hydroxyl groups is 1. The number of azo groups is 1. The summed E-state index contributed by atoms with van der Waals surface area (Å²) >= 11 is 7.45. The molecule has 0 amide bonds. The van der Waals surface area contributed by atoms with Crippen LogP contribution in [0.25, 0.3) is 33.3 Å². The first-order valence-corrected chi connectivity index (χ1v) is 10.5. The third kappa shape index (κ3) is 3.58. The molecule has 30 heavy (non-hydrogen) atoms. The third-order valence-electron chi connectivity index (χ3n) is 4.73. The molecule has 2 aromatic heterocycles. The van der Waals surface area contributed by atoms with Gasteiger partial charge in [-0.1, -0.05) is 66.2 Å². The van der Waals surface area contributed by atoms with E-state index in [0.717, 1.165) is 22.3 Å². The van der Waals surface area contributed by atoms with Crippen LogP contribution in [-0.2, 0) is 0 Å². The van der Waals surface area contributed by atoms with Gasteiger partial charge in [-0.15, -0.1) is 21.6 Å². The molecule has 0 radical (unpaired) electrons. The molecule has 0 bridgehead atoms. The van der Waals surface area contributed by atoms with Gasteiger partial charge in [0, 0.05) is 21.4 Å². The standard InChI is InChI=1S/C23H15ClN4OS/c24-17-10-11-19-18(12-17)21(22(29)25-19)27-28-23-26-20(13-30-23)16-8-6-15(7-9-16)14-4-2-1-3-5-14/h1-13,25,29H. The minimum atomic E-state index is -0.0516. The zero-order chi connectivity index (χ0) is 20.5. The summed E-state index contributed by atoms with van der Waals surface area (Å²) in [5.41, 5.74) is 5.26. The van der Waals surface area contributed by atoms with E-state index in [1.54, 1.807) is 18.2 Å². The van der Waals surface area contributed by atoms with E-state index in [9.17, 15) is 5.11 Å². The summed E-state index contributed by atoms with van der Waals surface area (Å²) in [5.74, 6) is -0.0516. The van der Waals surface area contributed by atoms with Crippen LogP contribution in [0.1, 0.15) is 0 Å². The first-order valence-electron chi connectivity index (χ1n) is 9.21. The van der Waals surface area contributed by atoms with Gasteiger partial charge in [0.15, 0.2) is 5.69 Å². The molecule has 7 heteroatoms. The highest BCUT2D eigenvalue weighted by Crippen LogP contribution is 2.38. The second-order valence-electron chi connectivity index (χ2n) is 6.67. The van der Waals surface area contributed by atoms with Crippen molar-refractivity contribution in [2.45, 2.75) is 0 Å². The van der Waals surface area contributed by atoms with E-state index in [1.165, 1.54) is 16.9 Å². The molecular weight excluding hydrogens is 416 g/mol. The van der Waals surface area contributed by atoms with Crippen LogP contribution in [0.15, 0.2) is 88.4 Å². The molecule has 0 saturated heterocycles. The predicted octanol–water partition coefficient (Wildman–Crippen LogP) is 7.73. The summed E-state index contributed by atoms with van der Waals surface area (Å²) in [5, 5.41) is 22.3. The Kier molecular flexibility index (Phi) is 4.78. The second kappa shape index (κ2) is 7.74. The van der Waals surface area contributed by atoms with Crippen molar-refractivity contribution >= 4 is 44.7 Å². The zero-order valence-electron chi connectivity index (χ0n) is 15.6. The van der Waals surface area contributed by atoms with Gasteiger partial charge in [0.2, 0.25) is 11.0 Å². The van der Waals surface area contributed by atoms with Gasteiger partial charge in [0.1, 0.15) is 0 Å². The van der Waals surface area contributed by atoms with Gasteiger partial charge < -0.3 is 10.1 Å². The van der Waals surface area contributed by atoms with Crippen molar-refractivity contribution < 1.29 is 5.11 Å². The van der Waals surface area contributed by atoms with Crippen molar-refractivity contribution in [1.82, 2.24) is 9.97 Å². The predicted molar refractivity (Wildman–Crippen MR) is 122 cm³/mol. The summed E-state index contributed by atoms with van der Waals surface area (Å²) in [4.78, 5) is 7.42. The van der Waals surface area contributed by atoms with Crippen molar-refractivity contribution in [3.63, 3.8) is 0 Å². The third-order valence-corrected chi connectivity index (χ3v) is 5.69. The molecule has 146 valence electrons. The van der Waals surface area contributed by atoms with E-state index < -0.39 is 0 Å². The molecule has 3 aromatic carbocycles. The number of nitrogens with one attached hydrogen (secondary N) is 1. The minimum absolute atomic E-state index is 0.0516. The van der Waals surface area contributed by atoms with Crippen molar-refractivity contribution in [2.24, 2.45) is 10.2 Å². The Labute approximate surface area is 181 Å². The first kappa shape index (κ1) is 18.5. The lowest BCUT2D eigenvalue weighted by atomic mass is 10.0. The Bertz CT molecular complexity index is 1360. The highest BCUT2D eigenvalue weighted by molar-refractivity contribution is 7.13. The van der Waals surface area contributed by atoms with Crippen LogP contribution in [0.2, 0.25) is 5.02 Å². The van der Waals surface area contributed by atoms with Crippen molar-refractivity contribution in [2.75, 3.05) is 0 Å². The zero-order valence-corrected chi connectivity index (χ0v) is 17.2. The van der Waals surface area contributed by atoms with Gasteiger partial charge in [0.25, 0.3) is 0 Å². The van der Waals surface area contributed by atoms with Gasteiger partial charge in [0.05, 0.1) is 11.2 Å². The van der Waals surface area contributed by atoms with Crippen LogP contribution in [0.3, 0.4) is 0 Å². The molecule has 5 aromatic rings. The molecule has 0 unspecified atom stereocenters. The molecule has 0 spiro atoms. The maximum Gasteiger partial charge on any atom is 0.230 e. The quantitative estimate of drug-likeness (QED) is 0.286. The highest BCUT2D eigenvalue weighted by atomic mass is 35.5. The number of aromatic amines is 1. The molecule has 2 N–H and O–H groups in total. The van der Waals surface area contributed by atoms with Crippen LogP contribution >= 0.6 is 22.9 Å². The van der Waals surface area contributed by atoms with Gasteiger partial charge >= 0.3 is 0 Å². The fourth-order valence-electron chi connectivity index (χ4n) is 3.24. The number of rotatable bonds is 4. The molecule has 5 nitrogen and oxygen atoms in total. The Morgan fingerprint density at radius 3 is 2.40 bits per heavy atom. The van der Waals surface area contributed by atoms with Crippen LogP contribution in [0.4, 0.5) is 10.8 Å². The summed E-state index contributed by atoms with van der Waals surface area (Å²) < 4.78 is 0. The summed E-state index contributed by atoms with van der Waals surface area (Å²) in [6.45, 7) is 0. The Morgan fingerprint density at radius 1 is 0.867 bits per heavy atom. The van der Waals surface area contributed by atoms with Crippen LogP contribution in [-0.4, -0.2) is 15.1 Å². The number of H-pyrrole nitrogens is 1. The molecule has 2 heterocycles. The molecule has 0 aliphatic carbocycles. The Hall–Kier alpha value is -3.48. The number of hydrogen-bond acceptors (Lipinski definition) is 5. The van der Waals surface area contributed by atoms with Crippen molar-refractivity contribution in [1.29, 1.82) is 0 Å². The van der Waals surface area contributed by atoms with Gasteiger partial charge in [-0.05, 0) is 29.3 Å². The minimum Gasteiger partial charge on any atom is -0.493 e. The van der Waals surface area contributed by atoms with E-state index in [-0.39, 0.29) is 5.88 Å². The van der Waals surface area contributed by atoms with E-state index in [4.69, 9.17) is 11.6 Å². The number of benzene rings is 3. The SMILES string of the molecule is Oc1[nH]c2ccc(Cl)cc2c1N=Nc1nc(-c2ccc(-c3ccccc3)cc2)cs1. The van der Waals surface area contributed by atoms with E-state index >= 15 is 0 Å². The maximum absolute atomic E-state index is 10.1. The number of hydrogen-bond donors (Lipinski definition) is 2. The Morgan fingerprint density at radius 2 is 1.60 bits per heavy atom. The van der Waals surface area contributed by atoms with Crippen LogP contribution in [0, 0.1) is 0 Å². The fraction of sp³-hybridized carbons (Fsp3) is 0. The number of halogens is 1. The lowest BCUT2D eigenvalue weighted by molar-refractivity contribution is 0.459. The highest BCUT2D eigenvalue weighted by Gasteiger charge is 2.11. The van der Waals surface area contributed by atoms with E-state index in [1.807, 2.05) is 35.7 Å². The molecule has 0 atom stereocenters. The average Bonchev–Trinajstić information content (AvgIpc) is 3.37. The molecular formula is C23H15ClN4OS. The van der Waals surface area contributed by atoms with Gasteiger partial charge in [-0.25, -0.2) is 4.98 Å². The number of nitrogens with zero attached hydrogens (tertiary/aromatic N) is 3. The van der Waals surface area contributed by atoms with Crippen molar-refractivity contribution in [3.8, 4) is 28.3 Å². The fourth-order valence-corrected chi connectivity index (χ4v) is 4.05. The van der Waals surface area contributed by atoms with Crippen molar-refractivity contribution in [3.05, 3.63) is 83.2 Å². The lowest BCUT2D eigenvalue weighted by Crippen LogP contribution is -1.80. The summed E-state index contributed by atoms with van der Waals surface area (Å²) in [7, 11) is 0. The first-order chi connectivity index (χ1) is 14.7. The summed E-state index contributed by atoms with van der Waals surface area (Å²) in [6.07, 6.45) is 0. The topological polar surface area (TPSA) is 73.6 Å². The van der Waals surface area contributed by atoms with E-state index in [0.29, 0.717) is 21.2 Å². The molecule has 0 saturated carbocycles. The lowest BCUT2D eigenvalue weighted by Gasteiger charge is -2.02. The second-order valence-corrected chi connectivity index (χ2v) is 7.94. The molecule has 5 rings (SSSR count). The van der Waals surface area contributed by atoms with Crippen LogP contribution in [0.5, 0.6) is 5.88 Å². The smallest absolute Gasteiger partial charge is 0.230 e. The monoisotopic (exact) mass is 430 g/mol. The van der Waals surface area contributed by atoms with Gasteiger partial charge in [-0.3, -0.25) is 0 Å². The van der Waals surface area contributed by atoms with Crippen LogP contribution < -0.4 is 0 Å². The normalized spacial score (nSPS) is 11.5. The maximum atomic E-state index is 10.1. The number of thiazole rings is 1. The van der Waals surface area contributed by atoms with E-state index in [2.05, 4.69) is 44.5 Å². The largest absolute Gasteiger partial charge is 0.493 e. The molecule has 0 aliphatic heterocycles. The van der Waals surface area contributed by atoms with Gasteiger partial charge in [-0.2, -0.15) is 0 Å². The Balaban J connectivity index is 1.40. The molecule has 0 fully saturated rings. The average molecular weight is 431 g/mol. The number of fused-ring (bicyclic) bond motifs is 1.